The molecule has 0 atom stereocenters. The molecule has 3 rings (SSSR count). The first-order chi connectivity index (χ1) is 10.5. The van der Waals surface area contributed by atoms with Crippen molar-refractivity contribution >= 4 is 17.4 Å². The van der Waals surface area contributed by atoms with Crippen LogP contribution in [0.15, 0.2) is 42.5 Å². The van der Waals surface area contributed by atoms with E-state index in [0.717, 1.165) is 0 Å². The lowest BCUT2D eigenvalue weighted by atomic mass is 9.98. The van der Waals surface area contributed by atoms with E-state index in [1.54, 1.807) is 24.3 Å². The summed E-state index contributed by atoms with van der Waals surface area (Å²) in [4.78, 5) is 11.6. The van der Waals surface area contributed by atoms with Gasteiger partial charge in [-0.1, -0.05) is 31.5 Å². The highest BCUT2D eigenvalue weighted by molar-refractivity contribution is 6.32. The minimum Gasteiger partial charge on any atom is -0.456 e. The Morgan fingerprint density at radius 3 is 2.41 bits per heavy atom. The largest absolute Gasteiger partial charge is 0.456 e. The zero-order valence-corrected chi connectivity index (χ0v) is 13.6. The zero-order valence-electron chi connectivity index (χ0n) is 12.9. The van der Waals surface area contributed by atoms with Gasteiger partial charge in [-0.25, -0.2) is 0 Å². The molecule has 0 aliphatic heterocycles. The molecule has 2 aromatic rings. The third-order valence-corrected chi connectivity index (χ3v) is 4.65. The van der Waals surface area contributed by atoms with Crippen molar-refractivity contribution in [1.29, 1.82) is 0 Å². The minimum absolute atomic E-state index is 0.131. The Labute approximate surface area is 136 Å². The van der Waals surface area contributed by atoms with Crippen molar-refractivity contribution in [3.05, 3.63) is 58.6 Å². The van der Waals surface area contributed by atoms with Crippen molar-refractivity contribution in [1.82, 2.24) is 0 Å². The molecule has 0 radical (unpaired) electrons. The molecule has 1 saturated carbocycles. The number of carbonyl (C=O) groups is 1. The maximum atomic E-state index is 11.6. The Morgan fingerprint density at radius 1 is 1.18 bits per heavy atom. The number of benzene rings is 2. The van der Waals surface area contributed by atoms with E-state index in [1.807, 2.05) is 19.1 Å². The highest BCUT2D eigenvalue weighted by Crippen LogP contribution is 2.49. The van der Waals surface area contributed by atoms with Gasteiger partial charge in [0.15, 0.2) is 5.78 Å². The zero-order chi connectivity index (χ0) is 15.7. The molecule has 0 heterocycles. The predicted octanol–water partition coefficient (Wildman–Crippen LogP) is 5.78. The monoisotopic (exact) mass is 314 g/mol. The van der Waals surface area contributed by atoms with Crippen molar-refractivity contribution in [3.8, 4) is 11.5 Å². The quantitative estimate of drug-likeness (QED) is 0.654. The van der Waals surface area contributed by atoms with E-state index < -0.39 is 0 Å². The molecule has 3 heteroatoms. The Morgan fingerprint density at radius 2 is 1.86 bits per heavy atom. The molecule has 22 heavy (non-hydrogen) atoms. The van der Waals surface area contributed by atoms with Crippen LogP contribution in [0.5, 0.6) is 11.5 Å². The average molecular weight is 315 g/mol. The van der Waals surface area contributed by atoms with Crippen LogP contribution in [-0.2, 0) is 5.41 Å². The molecule has 1 fully saturated rings. The third kappa shape index (κ3) is 3.02. The molecule has 1 aliphatic carbocycles. The predicted molar refractivity (Wildman–Crippen MR) is 89.2 cm³/mol. The van der Waals surface area contributed by atoms with E-state index in [9.17, 15) is 4.79 Å². The number of halogens is 1. The molecule has 2 nitrogen and oxygen atoms in total. The number of rotatable bonds is 5. The van der Waals surface area contributed by atoms with Gasteiger partial charge >= 0.3 is 0 Å². The summed E-state index contributed by atoms with van der Waals surface area (Å²) < 4.78 is 5.82. The molecule has 0 aromatic heterocycles. The topological polar surface area (TPSA) is 26.3 Å². The van der Waals surface area contributed by atoms with Gasteiger partial charge in [-0.2, -0.15) is 0 Å². The van der Waals surface area contributed by atoms with E-state index in [4.69, 9.17) is 16.3 Å². The van der Waals surface area contributed by atoms with Crippen LogP contribution in [-0.4, -0.2) is 5.78 Å². The van der Waals surface area contributed by atoms with E-state index in [1.165, 1.54) is 18.4 Å². The fourth-order valence-corrected chi connectivity index (χ4v) is 2.69. The third-order valence-electron chi connectivity index (χ3n) is 4.35. The van der Waals surface area contributed by atoms with Gasteiger partial charge in [0.1, 0.15) is 11.5 Å². The van der Waals surface area contributed by atoms with Crippen LogP contribution in [0.4, 0.5) is 0 Å². The summed E-state index contributed by atoms with van der Waals surface area (Å²) >= 11 is 6.34. The second-order valence-corrected chi connectivity index (χ2v) is 6.52. The van der Waals surface area contributed by atoms with Crippen LogP contribution in [0.2, 0.25) is 5.02 Å². The molecule has 0 N–H and O–H groups in total. The van der Waals surface area contributed by atoms with Crippen molar-refractivity contribution in [2.75, 3.05) is 0 Å². The molecule has 0 unspecified atom stereocenters. The van der Waals surface area contributed by atoms with Gasteiger partial charge in [0.25, 0.3) is 0 Å². The van der Waals surface area contributed by atoms with E-state index >= 15 is 0 Å². The van der Waals surface area contributed by atoms with Crippen molar-refractivity contribution < 1.29 is 9.53 Å². The van der Waals surface area contributed by atoms with Crippen LogP contribution in [0.1, 0.15) is 49.0 Å². The van der Waals surface area contributed by atoms with Crippen molar-refractivity contribution in [2.45, 2.75) is 38.5 Å². The number of hydrogen-bond acceptors (Lipinski definition) is 2. The Bertz CT molecular complexity index is 700. The molecule has 114 valence electrons. The first-order valence-electron chi connectivity index (χ1n) is 7.63. The van der Waals surface area contributed by atoms with E-state index in [2.05, 4.69) is 13.0 Å². The first kappa shape index (κ1) is 15.1. The van der Waals surface area contributed by atoms with Crippen LogP contribution in [0, 0.1) is 0 Å². The van der Waals surface area contributed by atoms with Gasteiger partial charge in [0.05, 0.1) is 5.02 Å². The van der Waals surface area contributed by atoms with Gasteiger partial charge in [-0.05, 0) is 60.2 Å². The molecule has 0 spiro atoms. The fraction of sp³-hybridized carbons (Fsp3) is 0.316. The van der Waals surface area contributed by atoms with Crippen molar-refractivity contribution in [2.24, 2.45) is 0 Å². The fourth-order valence-electron chi connectivity index (χ4n) is 2.48. The van der Waals surface area contributed by atoms with Crippen LogP contribution in [0.25, 0.3) is 0 Å². The number of hydrogen-bond donors (Lipinski definition) is 0. The van der Waals surface area contributed by atoms with Crippen molar-refractivity contribution in [3.63, 3.8) is 0 Å². The second kappa shape index (κ2) is 5.77. The van der Waals surface area contributed by atoms with Gasteiger partial charge in [-0.15, -0.1) is 0 Å². The highest BCUT2D eigenvalue weighted by atomic mass is 35.5. The first-order valence-corrected chi connectivity index (χ1v) is 8.01. The molecular weight excluding hydrogens is 296 g/mol. The minimum atomic E-state index is 0.131. The lowest BCUT2D eigenvalue weighted by molar-refractivity contribution is 0.0988. The SMILES string of the molecule is CCC(=O)c1ccc(Oc2ccc(C3(C)CC3)cc2Cl)cc1. The summed E-state index contributed by atoms with van der Waals surface area (Å²) in [5.41, 5.74) is 2.27. The Balaban J connectivity index is 1.77. The molecular formula is C19H19ClO2. The summed E-state index contributed by atoms with van der Waals surface area (Å²) in [5.74, 6) is 1.45. The van der Waals surface area contributed by atoms with Gasteiger partial charge in [-0.3, -0.25) is 4.79 Å². The van der Waals surface area contributed by atoms with Gasteiger partial charge in [0, 0.05) is 12.0 Å². The van der Waals surface area contributed by atoms with Gasteiger partial charge in [0.2, 0.25) is 0 Å². The smallest absolute Gasteiger partial charge is 0.162 e. The van der Waals surface area contributed by atoms with Gasteiger partial charge < -0.3 is 4.74 Å². The molecule has 1 aliphatic rings. The number of ether oxygens (including phenoxy) is 1. The number of ketones is 1. The van der Waals surface area contributed by atoms with Crippen LogP contribution < -0.4 is 4.74 Å². The summed E-state index contributed by atoms with van der Waals surface area (Å²) in [6.07, 6.45) is 2.94. The highest BCUT2D eigenvalue weighted by Gasteiger charge is 2.39. The Hall–Kier alpha value is -1.80. The lowest BCUT2D eigenvalue weighted by Crippen LogP contribution is -1.99. The maximum absolute atomic E-state index is 11.6. The Kier molecular flexibility index (Phi) is 3.96. The summed E-state index contributed by atoms with van der Waals surface area (Å²) in [5, 5.41) is 0.624. The maximum Gasteiger partial charge on any atom is 0.162 e. The normalized spacial score (nSPS) is 15.4. The molecule has 0 bridgehead atoms. The van der Waals surface area contributed by atoms with Crippen LogP contribution in [0.3, 0.4) is 0 Å². The molecule has 2 aromatic carbocycles. The number of Topliss-reactive ketones (excluding diaryl/α,β-unsaturated/α-hetero) is 1. The summed E-state index contributed by atoms with van der Waals surface area (Å²) in [6, 6.07) is 13.2. The summed E-state index contributed by atoms with van der Waals surface area (Å²) in [6.45, 7) is 4.11. The lowest BCUT2D eigenvalue weighted by Gasteiger charge is -2.12. The molecule has 0 amide bonds. The average Bonchev–Trinajstić information content (AvgIpc) is 3.28. The number of carbonyl (C=O) groups excluding carboxylic acids is 1. The molecule has 0 saturated heterocycles. The van der Waals surface area contributed by atoms with Crippen LogP contribution >= 0.6 is 11.6 Å². The second-order valence-electron chi connectivity index (χ2n) is 6.11. The summed E-state index contributed by atoms with van der Waals surface area (Å²) in [7, 11) is 0. The van der Waals surface area contributed by atoms with E-state index in [0.29, 0.717) is 33.9 Å². The standard InChI is InChI=1S/C19H19ClO2/c1-3-17(21)13-4-7-15(8-5-13)22-18-9-6-14(12-16(18)20)19(2)10-11-19/h4-9,12H,3,10-11H2,1-2H3. The van der Waals surface area contributed by atoms with E-state index in [-0.39, 0.29) is 5.78 Å².